The van der Waals surface area contributed by atoms with Crippen molar-refractivity contribution < 1.29 is 9.90 Å². The van der Waals surface area contributed by atoms with Gasteiger partial charge in [-0.05, 0) is 18.8 Å². The van der Waals surface area contributed by atoms with E-state index in [0.29, 0.717) is 18.4 Å². The SMILES string of the molecule is CC(C)C(CCO)NCC1CCC(=O)N1. The summed E-state index contributed by atoms with van der Waals surface area (Å²) >= 11 is 0. The molecule has 0 bridgehead atoms. The van der Waals surface area contributed by atoms with E-state index in [-0.39, 0.29) is 18.6 Å². The average Bonchev–Trinajstić information content (AvgIpc) is 2.58. The first-order valence-electron chi connectivity index (χ1n) is 5.77. The number of aliphatic hydroxyl groups excluding tert-OH is 1. The molecule has 2 atom stereocenters. The Morgan fingerprint density at radius 3 is 2.80 bits per heavy atom. The smallest absolute Gasteiger partial charge is 0.220 e. The topological polar surface area (TPSA) is 61.4 Å². The molecule has 0 saturated carbocycles. The molecule has 1 saturated heterocycles. The summed E-state index contributed by atoms with van der Waals surface area (Å²) in [4.78, 5) is 11.0. The summed E-state index contributed by atoms with van der Waals surface area (Å²) in [5, 5.41) is 15.2. The van der Waals surface area contributed by atoms with Crippen molar-refractivity contribution in [2.24, 2.45) is 5.92 Å². The fraction of sp³-hybridized carbons (Fsp3) is 0.909. The summed E-state index contributed by atoms with van der Waals surface area (Å²) in [5.41, 5.74) is 0. The van der Waals surface area contributed by atoms with Gasteiger partial charge >= 0.3 is 0 Å². The van der Waals surface area contributed by atoms with E-state index in [2.05, 4.69) is 24.5 Å². The lowest BCUT2D eigenvalue weighted by atomic mass is 10.0. The van der Waals surface area contributed by atoms with Crippen LogP contribution in [-0.2, 0) is 4.79 Å². The summed E-state index contributed by atoms with van der Waals surface area (Å²) in [6.45, 7) is 5.31. The zero-order valence-corrected chi connectivity index (χ0v) is 9.62. The van der Waals surface area contributed by atoms with Crippen molar-refractivity contribution in [2.75, 3.05) is 13.2 Å². The van der Waals surface area contributed by atoms with Gasteiger partial charge in [-0.2, -0.15) is 0 Å². The number of hydrogen-bond donors (Lipinski definition) is 3. The highest BCUT2D eigenvalue weighted by molar-refractivity contribution is 5.78. The third-order valence-corrected chi connectivity index (χ3v) is 2.96. The highest BCUT2D eigenvalue weighted by Gasteiger charge is 2.21. The van der Waals surface area contributed by atoms with Crippen LogP contribution in [-0.4, -0.2) is 36.2 Å². The number of aliphatic hydroxyl groups is 1. The molecular weight excluding hydrogens is 192 g/mol. The first-order chi connectivity index (χ1) is 7.13. The molecule has 1 aliphatic heterocycles. The maximum Gasteiger partial charge on any atom is 0.220 e. The van der Waals surface area contributed by atoms with Gasteiger partial charge in [-0.15, -0.1) is 0 Å². The Morgan fingerprint density at radius 2 is 2.33 bits per heavy atom. The van der Waals surface area contributed by atoms with Crippen LogP contribution in [0.4, 0.5) is 0 Å². The summed E-state index contributed by atoms with van der Waals surface area (Å²) in [6.07, 6.45) is 2.35. The number of rotatable bonds is 6. The number of nitrogens with one attached hydrogen (secondary N) is 2. The second-order valence-corrected chi connectivity index (χ2v) is 4.57. The molecule has 0 spiro atoms. The molecule has 88 valence electrons. The van der Waals surface area contributed by atoms with Crippen molar-refractivity contribution in [2.45, 2.75) is 45.2 Å². The molecular formula is C11H22N2O2. The lowest BCUT2D eigenvalue weighted by Gasteiger charge is -2.23. The molecule has 1 aliphatic rings. The van der Waals surface area contributed by atoms with Crippen LogP contribution in [0.15, 0.2) is 0 Å². The predicted octanol–water partition coefficient (Wildman–Crippen LogP) is 0.262. The van der Waals surface area contributed by atoms with Crippen molar-refractivity contribution in [1.82, 2.24) is 10.6 Å². The molecule has 0 aromatic heterocycles. The van der Waals surface area contributed by atoms with E-state index >= 15 is 0 Å². The molecule has 0 aromatic rings. The second-order valence-electron chi connectivity index (χ2n) is 4.57. The van der Waals surface area contributed by atoms with Gasteiger partial charge < -0.3 is 15.7 Å². The molecule has 4 nitrogen and oxygen atoms in total. The van der Waals surface area contributed by atoms with Gasteiger partial charge in [0.05, 0.1) is 0 Å². The van der Waals surface area contributed by atoms with Crippen LogP contribution < -0.4 is 10.6 Å². The molecule has 1 amide bonds. The van der Waals surface area contributed by atoms with E-state index in [1.807, 2.05) is 0 Å². The van der Waals surface area contributed by atoms with Gasteiger partial charge in [0.15, 0.2) is 0 Å². The van der Waals surface area contributed by atoms with E-state index in [1.165, 1.54) is 0 Å². The lowest BCUT2D eigenvalue weighted by molar-refractivity contribution is -0.119. The third-order valence-electron chi connectivity index (χ3n) is 2.96. The van der Waals surface area contributed by atoms with Crippen LogP contribution in [0.3, 0.4) is 0 Å². The minimum Gasteiger partial charge on any atom is -0.396 e. The maximum atomic E-state index is 11.0. The van der Waals surface area contributed by atoms with E-state index < -0.39 is 0 Å². The van der Waals surface area contributed by atoms with Gasteiger partial charge in [0, 0.05) is 31.7 Å². The standard InChI is InChI=1S/C11H22N2O2/c1-8(2)10(5-6-14)12-7-9-3-4-11(15)13-9/h8-10,12,14H,3-7H2,1-2H3,(H,13,15). The first-order valence-corrected chi connectivity index (χ1v) is 5.77. The van der Waals surface area contributed by atoms with Crippen molar-refractivity contribution in [1.29, 1.82) is 0 Å². The van der Waals surface area contributed by atoms with Gasteiger partial charge in [-0.3, -0.25) is 4.79 Å². The average molecular weight is 214 g/mol. The van der Waals surface area contributed by atoms with Crippen LogP contribution in [0.1, 0.15) is 33.1 Å². The van der Waals surface area contributed by atoms with Crippen molar-refractivity contribution in [3.63, 3.8) is 0 Å². The maximum absolute atomic E-state index is 11.0. The Hall–Kier alpha value is -0.610. The monoisotopic (exact) mass is 214 g/mol. The van der Waals surface area contributed by atoms with E-state index in [1.54, 1.807) is 0 Å². The van der Waals surface area contributed by atoms with Crippen molar-refractivity contribution >= 4 is 5.91 Å². The van der Waals surface area contributed by atoms with Crippen LogP contribution in [0.2, 0.25) is 0 Å². The molecule has 1 fully saturated rings. The molecule has 15 heavy (non-hydrogen) atoms. The van der Waals surface area contributed by atoms with Crippen LogP contribution in [0.25, 0.3) is 0 Å². The fourth-order valence-corrected chi connectivity index (χ4v) is 1.93. The zero-order chi connectivity index (χ0) is 11.3. The van der Waals surface area contributed by atoms with Gasteiger partial charge in [0.1, 0.15) is 0 Å². The number of amides is 1. The third kappa shape index (κ3) is 4.18. The predicted molar refractivity (Wildman–Crippen MR) is 59.5 cm³/mol. The normalized spacial score (nSPS) is 23.2. The van der Waals surface area contributed by atoms with Gasteiger partial charge in [0.2, 0.25) is 5.91 Å². The highest BCUT2D eigenvalue weighted by atomic mass is 16.3. The molecule has 3 N–H and O–H groups in total. The Bertz CT molecular complexity index is 207. The van der Waals surface area contributed by atoms with Gasteiger partial charge in [-0.25, -0.2) is 0 Å². The molecule has 1 rings (SSSR count). The lowest BCUT2D eigenvalue weighted by Crippen LogP contribution is -2.43. The van der Waals surface area contributed by atoms with Crippen LogP contribution in [0.5, 0.6) is 0 Å². The van der Waals surface area contributed by atoms with Gasteiger partial charge in [-0.1, -0.05) is 13.8 Å². The Morgan fingerprint density at radius 1 is 1.60 bits per heavy atom. The van der Waals surface area contributed by atoms with Crippen molar-refractivity contribution in [3.05, 3.63) is 0 Å². The summed E-state index contributed by atoms with van der Waals surface area (Å²) < 4.78 is 0. The Labute approximate surface area is 91.4 Å². The van der Waals surface area contributed by atoms with E-state index in [9.17, 15) is 4.79 Å². The largest absolute Gasteiger partial charge is 0.396 e. The minimum absolute atomic E-state index is 0.157. The first kappa shape index (κ1) is 12.5. The number of carbonyl (C=O) groups excluding carboxylic acids is 1. The Balaban J connectivity index is 2.24. The Kier molecular flexibility index (Phi) is 5.05. The van der Waals surface area contributed by atoms with Crippen molar-refractivity contribution in [3.8, 4) is 0 Å². The molecule has 0 aliphatic carbocycles. The van der Waals surface area contributed by atoms with Crippen LogP contribution >= 0.6 is 0 Å². The molecule has 0 aromatic carbocycles. The molecule has 2 unspecified atom stereocenters. The second kappa shape index (κ2) is 6.08. The van der Waals surface area contributed by atoms with E-state index in [0.717, 1.165) is 19.4 Å². The van der Waals surface area contributed by atoms with Gasteiger partial charge in [0.25, 0.3) is 0 Å². The van der Waals surface area contributed by atoms with E-state index in [4.69, 9.17) is 5.11 Å². The number of carbonyl (C=O) groups is 1. The molecule has 0 radical (unpaired) electrons. The zero-order valence-electron chi connectivity index (χ0n) is 9.62. The highest BCUT2D eigenvalue weighted by Crippen LogP contribution is 2.09. The van der Waals surface area contributed by atoms with Crippen LogP contribution in [0, 0.1) is 5.92 Å². The summed E-state index contributed by atoms with van der Waals surface area (Å²) in [5.74, 6) is 0.666. The number of hydrogen-bond acceptors (Lipinski definition) is 3. The molecule has 4 heteroatoms. The minimum atomic E-state index is 0.157. The quantitative estimate of drug-likeness (QED) is 0.594. The summed E-state index contributed by atoms with van der Waals surface area (Å²) in [6, 6.07) is 0.616. The molecule has 1 heterocycles. The fourth-order valence-electron chi connectivity index (χ4n) is 1.93. The summed E-state index contributed by atoms with van der Waals surface area (Å²) in [7, 11) is 0.